The Morgan fingerprint density at radius 3 is 2.61 bits per heavy atom. The van der Waals surface area contributed by atoms with Gasteiger partial charge in [0.15, 0.2) is 11.5 Å². The lowest BCUT2D eigenvalue weighted by Gasteiger charge is -2.32. The Morgan fingerprint density at radius 1 is 1.30 bits per heavy atom. The van der Waals surface area contributed by atoms with E-state index in [0.717, 1.165) is 10.2 Å². The van der Waals surface area contributed by atoms with E-state index in [-0.39, 0.29) is 5.78 Å². The normalized spacial score (nSPS) is 22.5. The summed E-state index contributed by atoms with van der Waals surface area (Å²) in [5.74, 6) is 2.30. The predicted octanol–water partition coefficient (Wildman–Crippen LogP) is 4.87. The number of nitrogens with one attached hydrogen (secondary N) is 1. The van der Waals surface area contributed by atoms with E-state index in [1.807, 2.05) is 13.0 Å². The van der Waals surface area contributed by atoms with Gasteiger partial charge in [0.25, 0.3) is 0 Å². The Labute approximate surface area is 144 Å². The molecule has 1 aromatic rings. The average Bonchev–Trinajstić information content (AvgIpc) is 2.75. The van der Waals surface area contributed by atoms with Crippen LogP contribution in [0.1, 0.15) is 46.1 Å². The lowest BCUT2D eigenvalue weighted by Crippen LogP contribution is -2.45. The second kappa shape index (κ2) is 5.41. The third-order valence-electron chi connectivity index (χ3n) is 4.11. The van der Waals surface area contributed by atoms with E-state index in [2.05, 4.69) is 47.2 Å². The van der Waals surface area contributed by atoms with Crippen molar-refractivity contribution in [1.82, 2.24) is 0 Å². The zero-order chi connectivity index (χ0) is 16.9. The number of allylic oxidation sites excluding steroid dienone is 2. The number of ether oxygens (including phenoxy) is 2. The summed E-state index contributed by atoms with van der Waals surface area (Å²) in [5, 5.41) is 3.39. The molecule has 0 bridgehead atoms. The van der Waals surface area contributed by atoms with Gasteiger partial charge in [0.1, 0.15) is 17.1 Å². The molecule has 0 saturated carbocycles. The molecule has 1 spiro atoms. The van der Waals surface area contributed by atoms with Crippen LogP contribution >= 0.6 is 15.9 Å². The minimum Gasteiger partial charge on any atom is -0.466 e. The highest BCUT2D eigenvalue weighted by Crippen LogP contribution is 2.48. The molecule has 122 valence electrons. The third-order valence-corrected chi connectivity index (χ3v) is 4.70. The lowest BCUT2D eigenvalue weighted by atomic mass is 9.95. The number of halogens is 1. The maximum atomic E-state index is 12.2. The van der Waals surface area contributed by atoms with Crippen molar-refractivity contribution < 1.29 is 14.3 Å². The van der Waals surface area contributed by atoms with Crippen LogP contribution in [-0.2, 0) is 9.53 Å². The van der Waals surface area contributed by atoms with Crippen molar-refractivity contribution in [1.29, 1.82) is 0 Å². The van der Waals surface area contributed by atoms with Crippen molar-refractivity contribution in [3.63, 3.8) is 0 Å². The maximum absolute atomic E-state index is 12.2. The first-order valence-corrected chi connectivity index (χ1v) is 8.43. The van der Waals surface area contributed by atoms with Crippen molar-refractivity contribution >= 4 is 27.4 Å². The molecule has 1 unspecified atom stereocenters. The number of anilines is 1. The maximum Gasteiger partial charge on any atom is 0.237 e. The van der Waals surface area contributed by atoms with Crippen LogP contribution in [0.5, 0.6) is 5.75 Å². The summed E-state index contributed by atoms with van der Waals surface area (Å²) >= 11 is 3.59. The topological polar surface area (TPSA) is 47.6 Å². The minimum atomic E-state index is -1.00. The van der Waals surface area contributed by atoms with Crippen LogP contribution in [-0.4, -0.2) is 11.5 Å². The van der Waals surface area contributed by atoms with Crippen molar-refractivity contribution in [2.24, 2.45) is 0 Å². The van der Waals surface area contributed by atoms with Crippen LogP contribution in [0.15, 0.2) is 39.8 Å². The number of hydrogen-bond donors (Lipinski definition) is 1. The first-order chi connectivity index (χ1) is 10.7. The molecule has 1 aromatic carbocycles. The number of Topliss-reactive ketones (excluding diaryl/α,β-unsaturated/α-hetero) is 1. The van der Waals surface area contributed by atoms with Gasteiger partial charge in [-0.3, -0.25) is 4.79 Å². The van der Waals surface area contributed by atoms with E-state index in [4.69, 9.17) is 9.47 Å². The van der Waals surface area contributed by atoms with Crippen LogP contribution in [0.25, 0.3) is 0 Å². The molecule has 0 aliphatic carbocycles. The minimum absolute atomic E-state index is 0.0771. The molecule has 1 atom stereocenters. The Balaban J connectivity index is 2.13. The van der Waals surface area contributed by atoms with Crippen molar-refractivity contribution in [3.8, 4) is 5.75 Å². The summed E-state index contributed by atoms with van der Waals surface area (Å²) in [6, 6.07) is 4.13. The Bertz CT molecular complexity index is 764. The molecule has 0 fully saturated rings. The predicted molar refractivity (Wildman–Crippen MR) is 93.4 cm³/mol. The van der Waals surface area contributed by atoms with Crippen molar-refractivity contribution in [2.75, 3.05) is 5.32 Å². The SMILES string of the molecule is CC(=O)C1=C(C)OC(C)=CC12Nc1cc(C(C)C)cc(Br)c1O2. The van der Waals surface area contributed by atoms with Crippen LogP contribution in [0.2, 0.25) is 0 Å². The van der Waals surface area contributed by atoms with Gasteiger partial charge in [-0.1, -0.05) is 13.8 Å². The molecule has 0 aromatic heterocycles. The van der Waals surface area contributed by atoms with Crippen LogP contribution in [0.3, 0.4) is 0 Å². The summed E-state index contributed by atoms with van der Waals surface area (Å²) in [7, 11) is 0. The fraction of sp³-hybridized carbons (Fsp3) is 0.389. The van der Waals surface area contributed by atoms with Crippen LogP contribution < -0.4 is 10.1 Å². The van der Waals surface area contributed by atoms with Gasteiger partial charge in [-0.05, 0) is 60.3 Å². The largest absolute Gasteiger partial charge is 0.466 e. The van der Waals surface area contributed by atoms with Crippen molar-refractivity contribution in [3.05, 3.63) is 45.3 Å². The van der Waals surface area contributed by atoms with Crippen molar-refractivity contribution in [2.45, 2.75) is 46.3 Å². The van der Waals surface area contributed by atoms with Gasteiger partial charge < -0.3 is 14.8 Å². The standard InChI is InChI=1S/C18H20BrNO3/c1-9(2)13-6-14(19)17-15(7-13)20-18(23-17)8-10(3)22-12(5)16(18)11(4)21/h6-9,20H,1-5H3. The number of hydrogen-bond acceptors (Lipinski definition) is 4. The molecular weight excluding hydrogens is 358 g/mol. The van der Waals surface area contributed by atoms with E-state index in [1.54, 1.807) is 6.92 Å². The van der Waals surface area contributed by atoms with Gasteiger partial charge in [0.05, 0.1) is 10.2 Å². The van der Waals surface area contributed by atoms with E-state index in [9.17, 15) is 4.79 Å². The Hall–Kier alpha value is -1.75. The molecular formula is C18H20BrNO3. The van der Waals surface area contributed by atoms with E-state index < -0.39 is 5.72 Å². The molecule has 23 heavy (non-hydrogen) atoms. The number of rotatable bonds is 2. The Morgan fingerprint density at radius 2 is 2.00 bits per heavy atom. The molecule has 2 heterocycles. The number of fused-ring (bicyclic) bond motifs is 1. The quantitative estimate of drug-likeness (QED) is 0.798. The first-order valence-electron chi connectivity index (χ1n) is 7.64. The summed E-state index contributed by atoms with van der Waals surface area (Å²) in [4.78, 5) is 12.2. The number of benzene rings is 1. The molecule has 0 radical (unpaired) electrons. The van der Waals surface area contributed by atoms with Gasteiger partial charge in [-0.2, -0.15) is 0 Å². The Kier molecular flexibility index (Phi) is 3.79. The van der Waals surface area contributed by atoms with Gasteiger partial charge in [0.2, 0.25) is 5.72 Å². The second-order valence-electron chi connectivity index (χ2n) is 6.34. The van der Waals surface area contributed by atoms with Gasteiger partial charge in [0, 0.05) is 6.08 Å². The molecule has 0 saturated heterocycles. The summed E-state index contributed by atoms with van der Waals surface area (Å²) in [6.45, 7) is 9.45. The molecule has 5 heteroatoms. The molecule has 4 nitrogen and oxygen atoms in total. The smallest absolute Gasteiger partial charge is 0.237 e. The fourth-order valence-corrected chi connectivity index (χ4v) is 3.72. The van der Waals surface area contributed by atoms with E-state index in [0.29, 0.717) is 28.8 Å². The van der Waals surface area contributed by atoms with Crippen LogP contribution in [0, 0.1) is 0 Å². The lowest BCUT2D eigenvalue weighted by molar-refractivity contribution is -0.115. The number of carbonyl (C=O) groups is 1. The number of ketones is 1. The summed E-state index contributed by atoms with van der Waals surface area (Å²) < 4.78 is 12.7. The zero-order valence-electron chi connectivity index (χ0n) is 13.9. The molecule has 1 N–H and O–H groups in total. The monoisotopic (exact) mass is 377 g/mol. The molecule has 0 amide bonds. The van der Waals surface area contributed by atoms with Gasteiger partial charge in [-0.25, -0.2) is 0 Å². The molecule has 2 aliphatic heterocycles. The van der Waals surface area contributed by atoms with E-state index >= 15 is 0 Å². The highest BCUT2D eigenvalue weighted by molar-refractivity contribution is 9.10. The molecule has 3 rings (SSSR count). The summed E-state index contributed by atoms with van der Waals surface area (Å²) in [5.41, 5.74) is 1.57. The number of carbonyl (C=O) groups excluding carboxylic acids is 1. The third kappa shape index (κ3) is 2.57. The van der Waals surface area contributed by atoms with E-state index in [1.165, 1.54) is 12.5 Å². The first kappa shape index (κ1) is 16.1. The molecule has 2 aliphatic rings. The van der Waals surface area contributed by atoms with Crippen LogP contribution in [0.4, 0.5) is 5.69 Å². The van der Waals surface area contributed by atoms with Gasteiger partial charge in [-0.15, -0.1) is 0 Å². The zero-order valence-corrected chi connectivity index (χ0v) is 15.5. The fourth-order valence-electron chi connectivity index (χ4n) is 3.16. The highest BCUT2D eigenvalue weighted by atomic mass is 79.9. The highest BCUT2D eigenvalue weighted by Gasteiger charge is 2.47. The van der Waals surface area contributed by atoms with Gasteiger partial charge >= 0.3 is 0 Å². The average molecular weight is 378 g/mol. The second-order valence-corrected chi connectivity index (χ2v) is 7.20. The summed E-state index contributed by atoms with van der Waals surface area (Å²) in [6.07, 6.45) is 1.82.